The predicted octanol–water partition coefficient (Wildman–Crippen LogP) is 2.59. The number of hydrogen-bond donors (Lipinski definition) is 0. The molecule has 0 saturated carbocycles. The largest absolute Gasteiger partial charge is 0.486 e. The highest BCUT2D eigenvalue weighted by molar-refractivity contribution is 5.96. The molecule has 0 amide bonds. The lowest BCUT2D eigenvalue weighted by molar-refractivity contribution is 0.101. The van der Waals surface area contributed by atoms with Crippen molar-refractivity contribution in [3.8, 4) is 5.75 Å². The highest BCUT2D eigenvalue weighted by Gasteiger charge is 2.08. The van der Waals surface area contributed by atoms with Gasteiger partial charge in [0.05, 0.1) is 5.56 Å². The molecule has 0 bridgehead atoms. The molecule has 0 atom stereocenters. The standard InChI is InChI=1S/C10H10FO2/c1-3-13-10-6-8(11)4-5-9(10)7(2)12/h3-6H,1-2H3. The molecule has 1 radical (unpaired) electrons. The maximum Gasteiger partial charge on any atom is 0.163 e. The van der Waals surface area contributed by atoms with E-state index < -0.39 is 5.82 Å². The molecular formula is C10H10FO2. The van der Waals surface area contributed by atoms with E-state index in [0.717, 1.165) is 0 Å². The zero-order chi connectivity index (χ0) is 9.84. The second-order valence-electron chi connectivity index (χ2n) is 2.55. The molecule has 0 fully saturated rings. The van der Waals surface area contributed by atoms with Gasteiger partial charge >= 0.3 is 0 Å². The zero-order valence-electron chi connectivity index (χ0n) is 7.50. The van der Waals surface area contributed by atoms with Gasteiger partial charge in [0.1, 0.15) is 18.2 Å². The van der Waals surface area contributed by atoms with Crippen LogP contribution < -0.4 is 4.74 Å². The van der Waals surface area contributed by atoms with Crippen LogP contribution in [-0.4, -0.2) is 5.78 Å². The minimum absolute atomic E-state index is 0.142. The van der Waals surface area contributed by atoms with Gasteiger partial charge in [-0.1, -0.05) is 0 Å². The lowest BCUT2D eigenvalue weighted by atomic mass is 10.1. The van der Waals surface area contributed by atoms with Gasteiger partial charge in [0, 0.05) is 6.07 Å². The average Bonchev–Trinajstić information content (AvgIpc) is 2.04. The average molecular weight is 181 g/mol. The minimum Gasteiger partial charge on any atom is -0.486 e. The first kappa shape index (κ1) is 9.71. The quantitative estimate of drug-likeness (QED) is 0.670. The second kappa shape index (κ2) is 4.03. The second-order valence-corrected chi connectivity index (χ2v) is 2.55. The summed E-state index contributed by atoms with van der Waals surface area (Å²) >= 11 is 0. The fraction of sp³-hybridized carbons (Fsp3) is 0.200. The third-order valence-electron chi connectivity index (χ3n) is 1.57. The highest BCUT2D eigenvalue weighted by Crippen LogP contribution is 2.20. The van der Waals surface area contributed by atoms with Gasteiger partial charge in [0.15, 0.2) is 5.78 Å². The number of ether oxygens (including phenoxy) is 1. The normalized spacial score (nSPS) is 9.77. The first-order chi connectivity index (χ1) is 6.15. The van der Waals surface area contributed by atoms with Gasteiger partial charge in [-0.15, -0.1) is 0 Å². The summed E-state index contributed by atoms with van der Waals surface area (Å²) in [6, 6.07) is 3.84. The summed E-state index contributed by atoms with van der Waals surface area (Å²) < 4.78 is 17.7. The van der Waals surface area contributed by atoms with Crippen molar-refractivity contribution < 1.29 is 13.9 Å². The molecule has 0 aliphatic rings. The van der Waals surface area contributed by atoms with E-state index in [9.17, 15) is 9.18 Å². The van der Waals surface area contributed by atoms with E-state index in [1.807, 2.05) is 0 Å². The Morgan fingerprint density at radius 2 is 2.23 bits per heavy atom. The lowest BCUT2D eigenvalue weighted by Crippen LogP contribution is -1.98. The topological polar surface area (TPSA) is 26.3 Å². The summed E-state index contributed by atoms with van der Waals surface area (Å²) in [5, 5.41) is 0. The van der Waals surface area contributed by atoms with Crippen LogP contribution in [0.15, 0.2) is 18.2 Å². The van der Waals surface area contributed by atoms with Crippen LogP contribution in [0, 0.1) is 12.4 Å². The van der Waals surface area contributed by atoms with E-state index >= 15 is 0 Å². The molecule has 0 aliphatic heterocycles. The van der Waals surface area contributed by atoms with Gasteiger partial charge in [-0.25, -0.2) is 4.39 Å². The van der Waals surface area contributed by atoms with Crippen LogP contribution in [-0.2, 0) is 0 Å². The predicted molar refractivity (Wildman–Crippen MR) is 47.0 cm³/mol. The first-order valence-electron chi connectivity index (χ1n) is 3.90. The molecule has 0 saturated heterocycles. The maximum atomic E-state index is 12.7. The molecule has 0 spiro atoms. The number of rotatable bonds is 3. The monoisotopic (exact) mass is 181 g/mol. The molecule has 1 rings (SSSR count). The number of carbonyl (C=O) groups is 1. The van der Waals surface area contributed by atoms with Crippen molar-refractivity contribution in [2.24, 2.45) is 0 Å². The van der Waals surface area contributed by atoms with E-state index in [4.69, 9.17) is 4.74 Å². The van der Waals surface area contributed by atoms with Crippen molar-refractivity contribution in [2.75, 3.05) is 0 Å². The van der Waals surface area contributed by atoms with E-state index in [1.165, 1.54) is 31.7 Å². The van der Waals surface area contributed by atoms with Crippen molar-refractivity contribution >= 4 is 5.78 Å². The van der Waals surface area contributed by atoms with Crippen molar-refractivity contribution in [3.63, 3.8) is 0 Å². The Bertz CT molecular complexity index is 321. The van der Waals surface area contributed by atoms with Crippen LogP contribution in [0.3, 0.4) is 0 Å². The van der Waals surface area contributed by atoms with Gasteiger partial charge in [-0.3, -0.25) is 4.79 Å². The van der Waals surface area contributed by atoms with E-state index in [1.54, 1.807) is 6.92 Å². The van der Waals surface area contributed by atoms with Gasteiger partial charge < -0.3 is 4.74 Å². The molecule has 0 unspecified atom stereocenters. The fourth-order valence-electron chi connectivity index (χ4n) is 1.01. The Hall–Kier alpha value is -1.38. The molecule has 0 aromatic heterocycles. The Morgan fingerprint density at radius 3 is 2.77 bits per heavy atom. The SMILES string of the molecule is C[CH]Oc1cc(F)ccc1C(C)=O. The van der Waals surface area contributed by atoms with Crippen molar-refractivity contribution in [3.05, 3.63) is 36.2 Å². The van der Waals surface area contributed by atoms with Crippen LogP contribution in [0.5, 0.6) is 5.75 Å². The number of ketones is 1. The van der Waals surface area contributed by atoms with Crippen LogP contribution >= 0.6 is 0 Å². The molecule has 0 N–H and O–H groups in total. The van der Waals surface area contributed by atoms with E-state index in [0.29, 0.717) is 5.56 Å². The number of halogens is 1. The minimum atomic E-state index is -0.415. The third kappa shape index (κ3) is 2.28. The summed E-state index contributed by atoms with van der Waals surface area (Å²) in [4.78, 5) is 11.0. The molecule has 0 heterocycles. The van der Waals surface area contributed by atoms with Crippen LogP contribution in [0.4, 0.5) is 4.39 Å². The molecule has 1 aromatic rings. The van der Waals surface area contributed by atoms with Gasteiger partial charge in [0.2, 0.25) is 0 Å². The summed E-state index contributed by atoms with van der Waals surface area (Å²) in [5.41, 5.74) is 0.388. The van der Waals surface area contributed by atoms with Gasteiger partial charge in [-0.2, -0.15) is 0 Å². The molecule has 69 valence electrons. The number of benzene rings is 1. The third-order valence-corrected chi connectivity index (χ3v) is 1.57. The van der Waals surface area contributed by atoms with Crippen molar-refractivity contribution in [1.82, 2.24) is 0 Å². The Kier molecular flexibility index (Phi) is 3.01. The Balaban J connectivity index is 3.10. The smallest absolute Gasteiger partial charge is 0.163 e. The summed E-state index contributed by atoms with van der Waals surface area (Å²) in [7, 11) is 0. The molecule has 3 heteroatoms. The van der Waals surface area contributed by atoms with E-state index in [2.05, 4.69) is 0 Å². The molecule has 1 aromatic carbocycles. The maximum absolute atomic E-state index is 12.7. The molecule has 13 heavy (non-hydrogen) atoms. The number of Topliss-reactive ketones (excluding diaryl/α,β-unsaturated/α-hetero) is 1. The first-order valence-corrected chi connectivity index (χ1v) is 3.90. The van der Waals surface area contributed by atoms with Crippen LogP contribution in [0.1, 0.15) is 24.2 Å². The molecular weight excluding hydrogens is 171 g/mol. The summed E-state index contributed by atoms with van der Waals surface area (Å²) in [6.45, 7) is 4.48. The summed E-state index contributed by atoms with van der Waals surface area (Å²) in [5.74, 6) is -0.297. The summed E-state index contributed by atoms with van der Waals surface area (Å²) in [6.07, 6.45) is 0. The van der Waals surface area contributed by atoms with Crippen molar-refractivity contribution in [2.45, 2.75) is 13.8 Å². The van der Waals surface area contributed by atoms with Crippen LogP contribution in [0.2, 0.25) is 0 Å². The number of carbonyl (C=O) groups excluding carboxylic acids is 1. The number of hydrogen-bond acceptors (Lipinski definition) is 2. The fourth-order valence-corrected chi connectivity index (χ4v) is 1.01. The Labute approximate surface area is 76.3 Å². The van der Waals surface area contributed by atoms with Crippen molar-refractivity contribution in [1.29, 1.82) is 0 Å². The van der Waals surface area contributed by atoms with Gasteiger partial charge in [0.25, 0.3) is 0 Å². The Morgan fingerprint density at radius 1 is 1.54 bits per heavy atom. The molecule has 2 nitrogen and oxygen atoms in total. The zero-order valence-corrected chi connectivity index (χ0v) is 7.50. The van der Waals surface area contributed by atoms with Crippen LogP contribution in [0.25, 0.3) is 0 Å². The van der Waals surface area contributed by atoms with Gasteiger partial charge in [-0.05, 0) is 26.0 Å². The lowest BCUT2D eigenvalue weighted by Gasteiger charge is -2.06. The highest BCUT2D eigenvalue weighted by atomic mass is 19.1. The van der Waals surface area contributed by atoms with E-state index in [-0.39, 0.29) is 11.5 Å². The molecule has 0 aliphatic carbocycles.